The van der Waals surface area contributed by atoms with E-state index in [-0.39, 0.29) is 0 Å². The molecular weight excluding hydrogens is 106 g/mol. The quantitative estimate of drug-likeness (QED) is 0.463. The number of hydrogen-bond acceptors (Lipinski definition) is 2. The van der Waals surface area contributed by atoms with Gasteiger partial charge in [-0.3, -0.25) is 0 Å². The predicted octanol–water partition coefficient (Wildman–Crippen LogP) is 0.755. The van der Waals surface area contributed by atoms with Gasteiger partial charge in [0, 0.05) is 6.20 Å². The van der Waals surface area contributed by atoms with Crippen LogP contribution in [0.5, 0.6) is 0 Å². The molecule has 1 nitrogen and oxygen atoms in total. The molecule has 0 aliphatic carbocycles. The van der Waals surface area contributed by atoms with E-state index in [0.29, 0.717) is 0 Å². The molecule has 0 radical (unpaired) electrons. The van der Waals surface area contributed by atoms with Crippen molar-refractivity contribution < 1.29 is 0 Å². The van der Waals surface area contributed by atoms with Gasteiger partial charge < -0.3 is 5.32 Å². The van der Waals surface area contributed by atoms with Crippen LogP contribution in [0.15, 0.2) is 11.1 Å². The summed E-state index contributed by atoms with van der Waals surface area (Å²) in [5.74, 6) is 3.46. The highest BCUT2D eigenvalue weighted by atomic mass is 32.2. The number of rotatable bonds is 0. The molecule has 0 bridgehead atoms. The van der Waals surface area contributed by atoms with Gasteiger partial charge in [-0.15, -0.1) is 6.42 Å². The van der Waals surface area contributed by atoms with Crippen molar-refractivity contribution in [3.05, 3.63) is 11.1 Å². The van der Waals surface area contributed by atoms with E-state index in [1.54, 1.807) is 11.8 Å². The molecule has 0 unspecified atom stereocenters. The summed E-state index contributed by atoms with van der Waals surface area (Å²) in [7, 11) is 0. The molecule has 1 aliphatic heterocycles. The van der Waals surface area contributed by atoms with Gasteiger partial charge in [-0.1, -0.05) is 17.7 Å². The lowest BCUT2D eigenvalue weighted by atomic mass is 10.6. The van der Waals surface area contributed by atoms with Crippen LogP contribution in [0.4, 0.5) is 0 Å². The first-order valence-corrected chi connectivity index (χ1v) is 2.95. The van der Waals surface area contributed by atoms with Crippen molar-refractivity contribution in [2.24, 2.45) is 0 Å². The van der Waals surface area contributed by atoms with Gasteiger partial charge in [0.1, 0.15) is 0 Å². The van der Waals surface area contributed by atoms with Crippen molar-refractivity contribution in [3.63, 3.8) is 0 Å². The molecule has 0 aromatic carbocycles. The van der Waals surface area contributed by atoms with E-state index in [9.17, 15) is 0 Å². The molecule has 2 heteroatoms. The van der Waals surface area contributed by atoms with Crippen LogP contribution in [0.2, 0.25) is 0 Å². The van der Waals surface area contributed by atoms with Crippen LogP contribution in [-0.4, -0.2) is 5.88 Å². The Balaban J connectivity index is 2.57. The molecule has 7 heavy (non-hydrogen) atoms. The largest absolute Gasteiger partial charge is 0.380 e. The molecule has 0 aromatic heterocycles. The Bertz CT molecular complexity index is 132. The smallest absolute Gasteiger partial charge is 0.0745 e. The molecule has 0 atom stereocenters. The third kappa shape index (κ3) is 0.908. The Hall–Kier alpha value is -0.550. The van der Waals surface area contributed by atoms with Crippen molar-refractivity contribution in [1.29, 1.82) is 0 Å². The predicted molar refractivity (Wildman–Crippen MR) is 32.5 cm³/mol. The number of allylic oxidation sites excluding steroid dienone is 1. The van der Waals surface area contributed by atoms with Crippen molar-refractivity contribution in [3.8, 4) is 12.3 Å². The number of nitrogens with one attached hydrogen (secondary N) is 1. The van der Waals surface area contributed by atoms with Crippen LogP contribution < -0.4 is 5.32 Å². The van der Waals surface area contributed by atoms with Gasteiger partial charge in [-0.2, -0.15) is 0 Å². The Kier molecular flexibility index (Phi) is 1.28. The Morgan fingerprint density at radius 1 is 2.00 bits per heavy atom. The molecule has 0 fully saturated rings. The zero-order valence-corrected chi connectivity index (χ0v) is 4.59. The average Bonchev–Trinajstić information content (AvgIpc) is 2.14. The van der Waals surface area contributed by atoms with Gasteiger partial charge in [0.2, 0.25) is 0 Å². The second kappa shape index (κ2) is 1.94. The van der Waals surface area contributed by atoms with E-state index in [1.807, 2.05) is 6.20 Å². The summed E-state index contributed by atoms with van der Waals surface area (Å²) in [6.07, 6.45) is 6.91. The molecule has 1 aliphatic rings. The first kappa shape index (κ1) is 4.61. The minimum atomic E-state index is 0.930. The molecule has 0 spiro atoms. The molecule has 1 N–H and O–H groups in total. The van der Waals surface area contributed by atoms with Crippen molar-refractivity contribution in [1.82, 2.24) is 5.32 Å². The van der Waals surface area contributed by atoms with Crippen LogP contribution in [-0.2, 0) is 0 Å². The average molecular weight is 111 g/mol. The fourth-order valence-electron chi connectivity index (χ4n) is 0.379. The van der Waals surface area contributed by atoms with Gasteiger partial charge in [-0.05, 0) is 0 Å². The fourth-order valence-corrected chi connectivity index (χ4v) is 0.951. The monoisotopic (exact) mass is 111 g/mol. The highest BCUT2D eigenvalue weighted by molar-refractivity contribution is 8.03. The molecule has 1 rings (SSSR count). The number of hydrogen-bond donors (Lipinski definition) is 1. The Morgan fingerprint density at radius 2 is 2.86 bits per heavy atom. The summed E-state index contributed by atoms with van der Waals surface area (Å²) in [6, 6.07) is 0. The summed E-state index contributed by atoms with van der Waals surface area (Å²) >= 11 is 1.66. The first-order valence-electron chi connectivity index (χ1n) is 1.96. The lowest BCUT2D eigenvalue weighted by Crippen LogP contribution is -1.93. The maximum absolute atomic E-state index is 5.05. The Morgan fingerprint density at radius 3 is 3.14 bits per heavy atom. The second-order valence-electron chi connectivity index (χ2n) is 1.15. The maximum Gasteiger partial charge on any atom is 0.0745 e. The van der Waals surface area contributed by atoms with Gasteiger partial charge >= 0.3 is 0 Å². The van der Waals surface area contributed by atoms with Gasteiger partial charge in [0.25, 0.3) is 0 Å². The van der Waals surface area contributed by atoms with E-state index in [0.717, 1.165) is 10.8 Å². The summed E-state index contributed by atoms with van der Waals surface area (Å²) in [4.78, 5) is 1.00. The fraction of sp³-hybridized carbons (Fsp3) is 0.200. The summed E-state index contributed by atoms with van der Waals surface area (Å²) in [5.41, 5.74) is 0. The van der Waals surface area contributed by atoms with Crippen LogP contribution in [0.1, 0.15) is 0 Å². The first-order chi connectivity index (χ1) is 3.43. The van der Waals surface area contributed by atoms with Crippen LogP contribution in [0.25, 0.3) is 0 Å². The van der Waals surface area contributed by atoms with E-state index in [1.165, 1.54) is 0 Å². The maximum atomic E-state index is 5.05. The van der Waals surface area contributed by atoms with Gasteiger partial charge in [-0.25, -0.2) is 0 Å². The van der Waals surface area contributed by atoms with E-state index < -0.39 is 0 Å². The van der Waals surface area contributed by atoms with Crippen molar-refractivity contribution >= 4 is 11.8 Å². The van der Waals surface area contributed by atoms with Crippen LogP contribution in [0, 0.1) is 12.3 Å². The zero-order chi connectivity index (χ0) is 5.11. The normalized spacial score (nSPS) is 17.3. The standard InChI is InChI=1S/C5H5NS/c1-2-5-3-6-4-7-5/h1,3,6H,4H2. The molecule has 36 valence electrons. The second-order valence-corrected chi connectivity index (χ2v) is 2.16. The number of thioether (sulfide) groups is 1. The highest BCUT2D eigenvalue weighted by Crippen LogP contribution is 2.15. The minimum Gasteiger partial charge on any atom is -0.380 e. The third-order valence-electron chi connectivity index (χ3n) is 0.686. The molecule has 0 saturated heterocycles. The third-order valence-corrected chi connectivity index (χ3v) is 1.54. The molecule has 1 heterocycles. The summed E-state index contributed by atoms with van der Waals surface area (Å²) < 4.78 is 0. The topological polar surface area (TPSA) is 12.0 Å². The minimum absolute atomic E-state index is 0.930. The van der Waals surface area contributed by atoms with Crippen molar-refractivity contribution in [2.45, 2.75) is 0 Å². The summed E-state index contributed by atoms with van der Waals surface area (Å²) in [5, 5.41) is 2.98. The Labute approximate surface area is 47.2 Å². The molecule has 0 aromatic rings. The zero-order valence-electron chi connectivity index (χ0n) is 3.77. The highest BCUT2D eigenvalue weighted by Gasteiger charge is 1.97. The van der Waals surface area contributed by atoms with Gasteiger partial charge in [0.15, 0.2) is 0 Å². The van der Waals surface area contributed by atoms with Crippen LogP contribution >= 0.6 is 11.8 Å². The molecule has 0 saturated carbocycles. The molecular formula is C5H5NS. The SMILES string of the molecule is C#CC1=CNCS1. The van der Waals surface area contributed by atoms with E-state index >= 15 is 0 Å². The molecule has 0 amide bonds. The van der Waals surface area contributed by atoms with E-state index in [2.05, 4.69) is 11.2 Å². The lowest BCUT2D eigenvalue weighted by molar-refractivity contribution is 1.08. The van der Waals surface area contributed by atoms with E-state index in [4.69, 9.17) is 6.42 Å². The van der Waals surface area contributed by atoms with Crippen LogP contribution in [0.3, 0.4) is 0 Å². The van der Waals surface area contributed by atoms with Gasteiger partial charge in [0.05, 0.1) is 10.8 Å². The number of terminal acetylenes is 1. The lowest BCUT2D eigenvalue weighted by Gasteiger charge is -1.79. The van der Waals surface area contributed by atoms with Crippen molar-refractivity contribution in [2.75, 3.05) is 5.88 Å². The summed E-state index contributed by atoms with van der Waals surface area (Å²) in [6.45, 7) is 0.